The van der Waals surface area contributed by atoms with Crippen LogP contribution in [0, 0.1) is 0 Å². The SMILES string of the molecule is COc1cc(Br)cc(Nc2nc(C(=O)O)cs2)c1. The minimum absolute atomic E-state index is 0.0319. The number of aromatic nitrogens is 1. The predicted molar refractivity (Wildman–Crippen MR) is 73.1 cm³/mol. The zero-order valence-corrected chi connectivity index (χ0v) is 11.7. The number of thiazole rings is 1. The lowest BCUT2D eigenvalue weighted by Gasteiger charge is -2.06. The number of aromatic carboxylic acids is 1. The van der Waals surface area contributed by atoms with Crippen molar-refractivity contribution in [1.29, 1.82) is 0 Å². The number of benzene rings is 1. The van der Waals surface area contributed by atoms with Crippen molar-refractivity contribution in [3.63, 3.8) is 0 Å². The molecule has 0 amide bonds. The number of ether oxygens (including phenoxy) is 1. The highest BCUT2D eigenvalue weighted by atomic mass is 79.9. The molecule has 0 saturated heterocycles. The van der Waals surface area contributed by atoms with E-state index in [4.69, 9.17) is 9.84 Å². The zero-order chi connectivity index (χ0) is 13.1. The Hall–Kier alpha value is -1.60. The number of hydrogen-bond acceptors (Lipinski definition) is 5. The van der Waals surface area contributed by atoms with E-state index in [1.54, 1.807) is 13.2 Å². The molecule has 2 rings (SSSR count). The number of anilines is 2. The third-order valence-corrected chi connectivity index (χ3v) is 3.30. The lowest BCUT2D eigenvalue weighted by molar-refractivity contribution is 0.0691. The van der Waals surface area contributed by atoms with Gasteiger partial charge in [0.15, 0.2) is 10.8 Å². The summed E-state index contributed by atoms with van der Waals surface area (Å²) in [5, 5.41) is 13.8. The number of carboxylic acid groups (broad SMARTS) is 1. The molecule has 0 aliphatic rings. The van der Waals surface area contributed by atoms with Crippen molar-refractivity contribution in [2.24, 2.45) is 0 Å². The van der Waals surface area contributed by atoms with Gasteiger partial charge < -0.3 is 15.2 Å². The number of carbonyl (C=O) groups is 1. The van der Waals surface area contributed by atoms with Crippen molar-refractivity contribution >= 4 is 44.1 Å². The van der Waals surface area contributed by atoms with Crippen molar-refractivity contribution in [2.75, 3.05) is 12.4 Å². The Bertz CT molecular complexity index is 585. The van der Waals surface area contributed by atoms with Crippen molar-refractivity contribution in [2.45, 2.75) is 0 Å². The van der Waals surface area contributed by atoms with Crippen LogP contribution < -0.4 is 10.1 Å². The van der Waals surface area contributed by atoms with Crippen LogP contribution in [0.3, 0.4) is 0 Å². The van der Waals surface area contributed by atoms with E-state index in [-0.39, 0.29) is 5.69 Å². The molecule has 0 atom stereocenters. The van der Waals surface area contributed by atoms with Gasteiger partial charge in [0.05, 0.1) is 7.11 Å². The average Bonchev–Trinajstić information content (AvgIpc) is 2.76. The van der Waals surface area contributed by atoms with Gasteiger partial charge in [-0.2, -0.15) is 0 Å². The van der Waals surface area contributed by atoms with Crippen molar-refractivity contribution < 1.29 is 14.6 Å². The molecule has 7 heteroatoms. The molecule has 0 bridgehead atoms. The maximum absolute atomic E-state index is 10.7. The first-order valence-electron chi connectivity index (χ1n) is 4.89. The maximum atomic E-state index is 10.7. The molecule has 0 radical (unpaired) electrons. The van der Waals surface area contributed by atoms with Gasteiger partial charge in [-0.3, -0.25) is 0 Å². The topological polar surface area (TPSA) is 71.5 Å². The quantitative estimate of drug-likeness (QED) is 0.900. The highest BCUT2D eigenvalue weighted by Crippen LogP contribution is 2.28. The summed E-state index contributed by atoms with van der Waals surface area (Å²) < 4.78 is 6.00. The number of carboxylic acids is 1. The first-order chi connectivity index (χ1) is 8.58. The van der Waals surface area contributed by atoms with Crippen LogP contribution in [0.2, 0.25) is 0 Å². The molecule has 0 aliphatic heterocycles. The van der Waals surface area contributed by atoms with Gasteiger partial charge in [-0.15, -0.1) is 11.3 Å². The van der Waals surface area contributed by atoms with Crippen LogP contribution in [-0.4, -0.2) is 23.2 Å². The van der Waals surface area contributed by atoms with E-state index in [0.717, 1.165) is 10.2 Å². The Balaban J connectivity index is 2.22. The van der Waals surface area contributed by atoms with Gasteiger partial charge in [0.1, 0.15) is 5.75 Å². The summed E-state index contributed by atoms with van der Waals surface area (Å²) in [6.07, 6.45) is 0. The van der Waals surface area contributed by atoms with E-state index in [1.807, 2.05) is 12.1 Å². The first-order valence-corrected chi connectivity index (χ1v) is 6.56. The summed E-state index contributed by atoms with van der Waals surface area (Å²) in [6, 6.07) is 5.48. The highest BCUT2D eigenvalue weighted by Gasteiger charge is 2.09. The number of rotatable bonds is 4. The summed E-state index contributed by atoms with van der Waals surface area (Å²) in [6.45, 7) is 0. The predicted octanol–water partition coefficient (Wildman–Crippen LogP) is 3.36. The van der Waals surface area contributed by atoms with Crippen molar-refractivity contribution in [3.8, 4) is 5.75 Å². The molecular formula is C11H9BrN2O3S. The van der Waals surface area contributed by atoms with E-state index in [0.29, 0.717) is 10.9 Å². The molecule has 1 aromatic heterocycles. The van der Waals surface area contributed by atoms with E-state index in [2.05, 4.69) is 26.2 Å². The Morgan fingerprint density at radius 1 is 1.50 bits per heavy atom. The highest BCUT2D eigenvalue weighted by molar-refractivity contribution is 9.10. The first kappa shape index (κ1) is 12.8. The second kappa shape index (κ2) is 5.36. The van der Waals surface area contributed by atoms with Crippen LogP contribution in [0.4, 0.5) is 10.8 Å². The molecule has 2 N–H and O–H groups in total. The minimum Gasteiger partial charge on any atom is -0.497 e. The van der Waals surface area contributed by atoms with Crippen LogP contribution in [0.25, 0.3) is 0 Å². The van der Waals surface area contributed by atoms with Gasteiger partial charge in [-0.25, -0.2) is 9.78 Å². The third kappa shape index (κ3) is 2.99. The molecule has 0 saturated carbocycles. The number of methoxy groups -OCH3 is 1. The molecule has 5 nitrogen and oxygen atoms in total. The van der Waals surface area contributed by atoms with E-state index >= 15 is 0 Å². The fourth-order valence-corrected chi connectivity index (χ4v) is 2.48. The number of nitrogens with zero attached hydrogens (tertiary/aromatic N) is 1. The van der Waals surface area contributed by atoms with Gasteiger partial charge in [-0.1, -0.05) is 15.9 Å². The van der Waals surface area contributed by atoms with Crippen molar-refractivity contribution in [3.05, 3.63) is 33.7 Å². The summed E-state index contributed by atoms with van der Waals surface area (Å²) >= 11 is 4.60. The van der Waals surface area contributed by atoms with Crippen LogP contribution in [0.1, 0.15) is 10.5 Å². The Labute approximate surface area is 116 Å². The van der Waals surface area contributed by atoms with E-state index in [9.17, 15) is 4.79 Å². The lowest BCUT2D eigenvalue weighted by atomic mass is 10.3. The largest absolute Gasteiger partial charge is 0.497 e. The second-order valence-electron chi connectivity index (χ2n) is 3.35. The van der Waals surface area contributed by atoms with Gasteiger partial charge in [0, 0.05) is 21.6 Å². The van der Waals surface area contributed by atoms with Gasteiger partial charge in [0.2, 0.25) is 0 Å². The van der Waals surface area contributed by atoms with Crippen LogP contribution in [0.15, 0.2) is 28.1 Å². The molecule has 18 heavy (non-hydrogen) atoms. The normalized spacial score (nSPS) is 10.1. The Morgan fingerprint density at radius 3 is 2.89 bits per heavy atom. The summed E-state index contributed by atoms with van der Waals surface area (Å²) in [5.41, 5.74) is 0.803. The number of nitrogens with one attached hydrogen (secondary N) is 1. The maximum Gasteiger partial charge on any atom is 0.355 e. The second-order valence-corrected chi connectivity index (χ2v) is 5.12. The summed E-state index contributed by atoms with van der Waals surface area (Å²) in [5.74, 6) is -0.340. The zero-order valence-electron chi connectivity index (χ0n) is 9.31. The monoisotopic (exact) mass is 328 g/mol. The van der Waals surface area contributed by atoms with Crippen LogP contribution in [0.5, 0.6) is 5.75 Å². The van der Waals surface area contributed by atoms with E-state index in [1.165, 1.54) is 16.7 Å². The molecular weight excluding hydrogens is 320 g/mol. The number of halogens is 1. The van der Waals surface area contributed by atoms with E-state index < -0.39 is 5.97 Å². The molecule has 0 fully saturated rings. The molecule has 2 aromatic rings. The van der Waals surface area contributed by atoms with Gasteiger partial charge >= 0.3 is 5.97 Å². The number of hydrogen-bond donors (Lipinski definition) is 2. The molecule has 0 aliphatic carbocycles. The molecule has 0 unspecified atom stereocenters. The molecule has 1 heterocycles. The van der Waals surface area contributed by atoms with Gasteiger partial charge in [-0.05, 0) is 12.1 Å². The Kier molecular flexibility index (Phi) is 3.83. The standard InChI is InChI=1S/C11H9BrN2O3S/c1-17-8-3-6(12)2-7(4-8)13-11-14-9(5-18-11)10(15)16/h2-5H,1H3,(H,13,14)(H,15,16). The molecule has 94 valence electrons. The summed E-state index contributed by atoms with van der Waals surface area (Å²) in [7, 11) is 1.58. The third-order valence-electron chi connectivity index (χ3n) is 2.08. The van der Waals surface area contributed by atoms with Gasteiger partial charge in [0.25, 0.3) is 0 Å². The summed E-state index contributed by atoms with van der Waals surface area (Å²) in [4.78, 5) is 14.7. The average molecular weight is 329 g/mol. The minimum atomic E-state index is -1.04. The van der Waals surface area contributed by atoms with Crippen LogP contribution in [-0.2, 0) is 0 Å². The molecule has 1 aromatic carbocycles. The van der Waals surface area contributed by atoms with Crippen molar-refractivity contribution in [1.82, 2.24) is 4.98 Å². The fraction of sp³-hybridized carbons (Fsp3) is 0.0909. The Morgan fingerprint density at radius 2 is 2.28 bits per heavy atom. The smallest absolute Gasteiger partial charge is 0.355 e. The fourth-order valence-electron chi connectivity index (χ4n) is 1.31. The lowest BCUT2D eigenvalue weighted by Crippen LogP contribution is -1.97. The van der Waals surface area contributed by atoms with Crippen LogP contribution >= 0.6 is 27.3 Å². The molecule has 0 spiro atoms.